The summed E-state index contributed by atoms with van der Waals surface area (Å²) in [6.45, 7) is 5.66. The number of fused-ring (bicyclic) bond motifs is 1. The number of ether oxygens (including phenoxy) is 1. The van der Waals surface area contributed by atoms with Crippen molar-refractivity contribution in [1.82, 2.24) is 24.5 Å². The molecule has 1 N–H and O–H groups in total. The van der Waals surface area contributed by atoms with E-state index >= 15 is 0 Å². The van der Waals surface area contributed by atoms with Gasteiger partial charge in [-0.3, -0.25) is 9.20 Å². The Morgan fingerprint density at radius 1 is 1.14 bits per heavy atom. The average molecular weight is 396 g/mol. The lowest BCUT2D eigenvalue weighted by Crippen LogP contribution is -2.44. The van der Waals surface area contributed by atoms with Crippen LogP contribution in [0.5, 0.6) is 0 Å². The fraction of sp³-hybridized carbons (Fsp3) is 0.500. The van der Waals surface area contributed by atoms with Gasteiger partial charge in [0.25, 0.3) is 0 Å². The van der Waals surface area contributed by atoms with Crippen molar-refractivity contribution in [3.05, 3.63) is 54.7 Å². The van der Waals surface area contributed by atoms with Crippen LogP contribution in [0.2, 0.25) is 0 Å². The van der Waals surface area contributed by atoms with Gasteiger partial charge < -0.3 is 14.6 Å². The number of pyridine rings is 1. The molecule has 0 spiro atoms. The molecule has 1 saturated heterocycles. The molecule has 154 valence electrons. The highest BCUT2D eigenvalue weighted by Gasteiger charge is 2.37. The van der Waals surface area contributed by atoms with Gasteiger partial charge in [0, 0.05) is 31.8 Å². The van der Waals surface area contributed by atoms with Crippen molar-refractivity contribution in [2.24, 2.45) is 5.92 Å². The summed E-state index contributed by atoms with van der Waals surface area (Å²) in [5.74, 6) is 1.24. The van der Waals surface area contributed by atoms with Crippen LogP contribution in [0.3, 0.4) is 0 Å². The normalized spacial score (nSPS) is 17.5. The van der Waals surface area contributed by atoms with Gasteiger partial charge in [-0.1, -0.05) is 19.9 Å². The van der Waals surface area contributed by atoms with E-state index in [0.717, 1.165) is 30.7 Å². The van der Waals surface area contributed by atoms with Gasteiger partial charge in [0.2, 0.25) is 5.91 Å². The van der Waals surface area contributed by atoms with Crippen LogP contribution in [0.4, 0.5) is 0 Å². The zero-order chi connectivity index (χ0) is 20.3. The standard InChI is InChI=1S/C22H29N5O2/c1-17(2)15-18(21-25-24-19-7-3-4-12-27(19)21)23-20(28)16-22(8-13-29-14-9-22)26-10-5-6-11-26/h3-7,10-12,17-18H,8-9,13-16H2,1-2H3,(H,23,28)/t18-/m1/s1. The van der Waals surface area contributed by atoms with E-state index in [1.165, 1.54) is 0 Å². The Balaban J connectivity index is 1.56. The Morgan fingerprint density at radius 3 is 2.59 bits per heavy atom. The molecule has 3 aromatic heterocycles. The van der Waals surface area contributed by atoms with E-state index in [2.05, 4.69) is 46.3 Å². The molecule has 3 aromatic rings. The van der Waals surface area contributed by atoms with Crippen molar-refractivity contribution >= 4 is 11.6 Å². The zero-order valence-corrected chi connectivity index (χ0v) is 17.1. The first-order valence-corrected chi connectivity index (χ1v) is 10.4. The molecule has 0 saturated carbocycles. The number of carbonyl (C=O) groups is 1. The van der Waals surface area contributed by atoms with Gasteiger partial charge in [-0.25, -0.2) is 0 Å². The van der Waals surface area contributed by atoms with Crippen molar-refractivity contribution in [2.75, 3.05) is 13.2 Å². The Kier molecular flexibility index (Phi) is 5.67. The first-order chi connectivity index (χ1) is 14.1. The summed E-state index contributed by atoms with van der Waals surface area (Å²) < 4.78 is 9.72. The summed E-state index contributed by atoms with van der Waals surface area (Å²) >= 11 is 0. The largest absolute Gasteiger partial charge is 0.381 e. The lowest BCUT2D eigenvalue weighted by atomic mass is 9.85. The predicted molar refractivity (Wildman–Crippen MR) is 110 cm³/mol. The fourth-order valence-corrected chi connectivity index (χ4v) is 4.27. The smallest absolute Gasteiger partial charge is 0.222 e. The van der Waals surface area contributed by atoms with Gasteiger partial charge in [0.1, 0.15) is 0 Å². The molecule has 0 aromatic carbocycles. The van der Waals surface area contributed by atoms with E-state index in [4.69, 9.17) is 4.74 Å². The molecule has 0 unspecified atom stereocenters. The fourth-order valence-electron chi connectivity index (χ4n) is 4.27. The highest BCUT2D eigenvalue weighted by atomic mass is 16.5. The number of hydrogen-bond acceptors (Lipinski definition) is 4. The number of rotatable bonds is 7. The third kappa shape index (κ3) is 4.19. The molecular weight excluding hydrogens is 366 g/mol. The lowest BCUT2D eigenvalue weighted by molar-refractivity contribution is -0.125. The molecule has 1 amide bonds. The molecule has 1 fully saturated rings. The Morgan fingerprint density at radius 2 is 1.86 bits per heavy atom. The van der Waals surface area contributed by atoms with E-state index in [1.807, 2.05) is 40.9 Å². The van der Waals surface area contributed by atoms with Crippen LogP contribution in [-0.2, 0) is 15.1 Å². The highest BCUT2D eigenvalue weighted by Crippen LogP contribution is 2.33. The first kappa shape index (κ1) is 19.6. The van der Waals surface area contributed by atoms with E-state index in [-0.39, 0.29) is 17.5 Å². The van der Waals surface area contributed by atoms with Gasteiger partial charge >= 0.3 is 0 Å². The highest BCUT2D eigenvalue weighted by molar-refractivity contribution is 5.77. The molecule has 1 atom stereocenters. The third-order valence-corrected chi connectivity index (χ3v) is 5.76. The molecule has 29 heavy (non-hydrogen) atoms. The summed E-state index contributed by atoms with van der Waals surface area (Å²) in [6.07, 6.45) is 8.95. The third-order valence-electron chi connectivity index (χ3n) is 5.76. The number of amides is 1. The molecule has 1 aliphatic rings. The second-order valence-corrected chi connectivity index (χ2v) is 8.34. The summed E-state index contributed by atoms with van der Waals surface area (Å²) in [5, 5.41) is 11.9. The van der Waals surface area contributed by atoms with Crippen molar-refractivity contribution in [2.45, 2.75) is 51.1 Å². The minimum absolute atomic E-state index is 0.0407. The van der Waals surface area contributed by atoms with Gasteiger partial charge in [-0.15, -0.1) is 10.2 Å². The second-order valence-electron chi connectivity index (χ2n) is 8.34. The summed E-state index contributed by atoms with van der Waals surface area (Å²) in [6, 6.07) is 9.67. The molecule has 4 heterocycles. The van der Waals surface area contributed by atoms with Crippen LogP contribution in [0.1, 0.15) is 51.4 Å². The minimum atomic E-state index is -0.235. The average Bonchev–Trinajstić information content (AvgIpc) is 3.38. The van der Waals surface area contributed by atoms with Crippen LogP contribution in [-0.4, -0.2) is 38.3 Å². The molecule has 4 rings (SSSR count). The van der Waals surface area contributed by atoms with E-state index in [9.17, 15) is 4.79 Å². The zero-order valence-electron chi connectivity index (χ0n) is 17.1. The Hall–Kier alpha value is -2.67. The molecule has 1 aliphatic heterocycles. The molecular formula is C22H29N5O2. The lowest BCUT2D eigenvalue weighted by Gasteiger charge is -2.38. The number of aromatic nitrogens is 4. The number of carbonyl (C=O) groups excluding carboxylic acids is 1. The molecule has 0 aliphatic carbocycles. The minimum Gasteiger partial charge on any atom is -0.381 e. The van der Waals surface area contributed by atoms with Crippen LogP contribution < -0.4 is 5.32 Å². The van der Waals surface area contributed by atoms with Crippen LogP contribution in [0, 0.1) is 5.92 Å². The molecule has 7 nitrogen and oxygen atoms in total. The second kappa shape index (κ2) is 8.37. The van der Waals surface area contributed by atoms with Crippen molar-refractivity contribution in [1.29, 1.82) is 0 Å². The van der Waals surface area contributed by atoms with Gasteiger partial charge in [-0.2, -0.15) is 0 Å². The predicted octanol–water partition coefficient (Wildman–Crippen LogP) is 3.33. The molecule has 0 radical (unpaired) electrons. The maximum atomic E-state index is 13.2. The van der Waals surface area contributed by atoms with E-state index in [1.54, 1.807) is 0 Å². The van der Waals surface area contributed by atoms with Crippen molar-refractivity contribution in [3.8, 4) is 0 Å². The van der Waals surface area contributed by atoms with Gasteiger partial charge in [0.15, 0.2) is 11.5 Å². The van der Waals surface area contributed by atoms with Crippen LogP contribution >= 0.6 is 0 Å². The topological polar surface area (TPSA) is 73.5 Å². The number of hydrogen-bond donors (Lipinski definition) is 1. The number of nitrogens with one attached hydrogen (secondary N) is 1. The van der Waals surface area contributed by atoms with Crippen LogP contribution in [0.25, 0.3) is 5.65 Å². The van der Waals surface area contributed by atoms with Crippen molar-refractivity contribution < 1.29 is 9.53 Å². The summed E-state index contributed by atoms with van der Waals surface area (Å²) in [7, 11) is 0. The van der Waals surface area contributed by atoms with Crippen LogP contribution in [0.15, 0.2) is 48.9 Å². The maximum Gasteiger partial charge on any atom is 0.222 e. The summed E-state index contributed by atoms with van der Waals surface area (Å²) in [5.41, 5.74) is 0.556. The maximum absolute atomic E-state index is 13.2. The monoisotopic (exact) mass is 395 g/mol. The van der Waals surface area contributed by atoms with Gasteiger partial charge in [0.05, 0.1) is 18.0 Å². The Bertz CT molecular complexity index is 941. The van der Waals surface area contributed by atoms with Gasteiger partial charge in [-0.05, 0) is 49.4 Å². The van der Waals surface area contributed by atoms with E-state index < -0.39 is 0 Å². The quantitative estimate of drug-likeness (QED) is 0.666. The SMILES string of the molecule is CC(C)C[C@@H](NC(=O)CC1(n2cccc2)CCOCC1)c1nnc2ccccn12. The van der Waals surface area contributed by atoms with E-state index in [0.29, 0.717) is 25.6 Å². The van der Waals surface area contributed by atoms with Crippen molar-refractivity contribution in [3.63, 3.8) is 0 Å². The summed E-state index contributed by atoms with van der Waals surface area (Å²) in [4.78, 5) is 13.2. The molecule has 7 heteroatoms. The Labute approximate surface area is 171 Å². The first-order valence-electron chi connectivity index (χ1n) is 10.4. The molecule has 0 bridgehead atoms. The number of nitrogens with zero attached hydrogens (tertiary/aromatic N) is 4.